The predicted molar refractivity (Wildman–Crippen MR) is 95.3 cm³/mol. The molecule has 1 nitrogen and oxygen atoms in total. The van der Waals surface area contributed by atoms with Crippen molar-refractivity contribution in [1.82, 2.24) is 4.90 Å². The maximum absolute atomic E-state index is 13.7. The van der Waals surface area contributed by atoms with Crippen molar-refractivity contribution < 1.29 is 8.78 Å². The minimum absolute atomic E-state index is 0.105. The number of fused-ring (bicyclic) bond motifs is 2. The maximum atomic E-state index is 13.7. The van der Waals surface area contributed by atoms with Gasteiger partial charge in [-0.1, -0.05) is 30.9 Å². The maximum Gasteiger partial charge on any atom is 0.174 e. The van der Waals surface area contributed by atoms with E-state index in [9.17, 15) is 8.78 Å². The van der Waals surface area contributed by atoms with Crippen molar-refractivity contribution in [3.63, 3.8) is 0 Å². The third kappa shape index (κ3) is 3.07. The highest BCUT2D eigenvalue weighted by Crippen LogP contribution is 2.52. The lowest BCUT2D eigenvalue weighted by Crippen LogP contribution is -2.38. The first kappa shape index (κ1) is 16.3. The Labute approximate surface area is 147 Å². The van der Waals surface area contributed by atoms with Gasteiger partial charge in [0.15, 0.2) is 11.6 Å². The molecule has 0 N–H and O–H groups in total. The van der Waals surface area contributed by atoms with E-state index in [2.05, 4.69) is 35.8 Å². The zero-order valence-electron chi connectivity index (χ0n) is 14.4. The first-order valence-electron chi connectivity index (χ1n) is 8.93. The lowest BCUT2D eigenvalue weighted by atomic mass is 9.85. The molecular formula is C22H21F2N. The Bertz CT molecular complexity index is 871. The smallest absolute Gasteiger partial charge is 0.174 e. The summed E-state index contributed by atoms with van der Waals surface area (Å²) < 4.78 is 27.0. The summed E-state index contributed by atoms with van der Waals surface area (Å²) in [5.74, 6) is 4.06. The molecule has 0 amide bonds. The fourth-order valence-electron chi connectivity index (χ4n) is 3.89. The monoisotopic (exact) mass is 337 g/mol. The summed E-state index contributed by atoms with van der Waals surface area (Å²) in [6.07, 6.45) is 3.64. The first-order valence-corrected chi connectivity index (χ1v) is 8.93. The van der Waals surface area contributed by atoms with Crippen LogP contribution in [0.2, 0.25) is 0 Å². The molecule has 0 saturated heterocycles. The molecule has 128 valence electrons. The zero-order valence-corrected chi connectivity index (χ0v) is 14.4. The Morgan fingerprint density at radius 2 is 1.96 bits per heavy atom. The van der Waals surface area contributed by atoms with Gasteiger partial charge >= 0.3 is 0 Å². The molecule has 0 aromatic heterocycles. The summed E-state index contributed by atoms with van der Waals surface area (Å²) in [6, 6.07) is 10.4. The highest BCUT2D eigenvalue weighted by atomic mass is 19.2. The van der Waals surface area contributed by atoms with Gasteiger partial charge in [0.05, 0.1) is 5.56 Å². The Morgan fingerprint density at radius 1 is 1.12 bits per heavy atom. The molecule has 1 aliphatic heterocycles. The topological polar surface area (TPSA) is 3.24 Å². The van der Waals surface area contributed by atoms with Gasteiger partial charge in [-0.15, -0.1) is 0 Å². The molecule has 0 unspecified atom stereocenters. The summed E-state index contributed by atoms with van der Waals surface area (Å²) in [5, 5.41) is 0. The highest BCUT2D eigenvalue weighted by Gasteiger charge is 2.48. The molecule has 2 aliphatic rings. The Morgan fingerprint density at radius 3 is 2.72 bits per heavy atom. The van der Waals surface area contributed by atoms with Crippen LogP contribution in [0.5, 0.6) is 0 Å². The summed E-state index contributed by atoms with van der Waals surface area (Å²) >= 11 is 0. The zero-order chi connectivity index (χ0) is 17.4. The average Bonchev–Trinajstić information content (AvgIpc) is 3.37. The number of benzene rings is 2. The van der Waals surface area contributed by atoms with E-state index in [1.165, 1.54) is 42.5 Å². The Balaban J connectivity index is 1.65. The minimum atomic E-state index is -0.873. The van der Waals surface area contributed by atoms with E-state index in [1.807, 2.05) is 6.07 Å². The van der Waals surface area contributed by atoms with Crippen LogP contribution < -0.4 is 0 Å². The number of halogens is 2. The standard InChI is InChI=1S/C22H21F2N/c1-2-12-25-14-18-9-7-16(13-19(18)22(15-25)10-11-22)6-8-17-4-3-5-20(23)21(17)24/h3-5,7,9,13H,2,10-12,14-15H2,1H3. The molecule has 1 spiro atoms. The van der Waals surface area contributed by atoms with Crippen LogP contribution in [0, 0.1) is 23.5 Å². The summed E-state index contributed by atoms with van der Waals surface area (Å²) in [4.78, 5) is 2.54. The second kappa shape index (κ2) is 6.28. The van der Waals surface area contributed by atoms with E-state index in [-0.39, 0.29) is 5.56 Å². The van der Waals surface area contributed by atoms with Crippen molar-refractivity contribution in [3.05, 3.63) is 70.3 Å². The molecule has 4 rings (SSSR count). The van der Waals surface area contributed by atoms with Crippen LogP contribution in [0.4, 0.5) is 8.78 Å². The van der Waals surface area contributed by atoms with Gasteiger partial charge < -0.3 is 0 Å². The number of hydrogen-bond acceptors (Lipinski definition) is 1. The van der Waals surface area contributed by atoms with Gasteiger partial charge in [-0.3, -0.25) is 4.90 Å². The molecule has 1 fully saturated rings. The van der Waals surface area contributed by atoms with Gasteiger partial charge in [0.25, 0.3) is 0 Å². The number of nitrogens with zero attached hydrogens (tertiary/aromatic N) is 1. The van der Waals surface area contributed by atoms with Crippen LogP contribution in [0.15, 0.2) is 36.4 Å². The van der Waals surface area contributed by atoms with Gasteiger partial charge in [0.1, 0.15) is 0 Å². The van der Waals surface area contributed by atoms with Crippen LogP contribution in [-0.2, 0) is 12.0 Å². The van der Waals surface area contributed by atoms with Gasteiger partial charge in [-0.05, 0) is 61.2 Å². The third-order valence-corrected chi connectivity index (χ3v) is 5.29. The van der Waals surface area contributed by atoms with Crippen molar-refractivity contribution in [3.8, 4) is 11.8 Å². The third-order valence-electron chi connectivity index (χ3n) is 5.29. The Hall–Kier alpha value is -2.18. The van der Waals surface area contributed by atoms with E-state index < -0.39 is 11.6 Å². The fraction of sp³-hybridized carbons (Fsp3) is 0.364. The first-order chi connectivity index (χ1) is 12.1. The molecule has 0 bridgehead atoms. The van der Waals surface area contributed by atoms with E-state index in [4.69, 9.17) is 0 Å². The Kier molecular flexibility index (Phi) is 4.09. The van der Waals surface area contributed by atoms with E-state index >= 15 is 0 Å². The average molecular weight is 337 g/mol. The molecule has 2 aromatic rings. The fourth-order valence-corrected chi connectivity index (χ4v) is 3.89. The molecule has 3 heteroatoms. The molecule has 25 heavy (non-hydrogen) atoms. The van der Waals surface area contributed by atoms with Crippen LogP contribution in [0.1, 0.15) is 48.4 Å². The molecular weight excluding hydrogens is 316 g/mol. The van der Waals surface area contributed by atoms with Gasteiger partial charge in [-0.25, -0.2) is 8.78 Å². The lowest BCUT2D eigenvalue weighted by Gasteiger charge is -2.35. The van der Waals surface area contributed by atoms with Crippen LogP contribution in [0.25, 0.3) is 0 Å². The number of rotatable bonds is 2. The summed E-state index contributed by atoms with van der Waals surface area (Å²) in [5.41, 5.74) is 4.07. The van der Waals surface area contributed by atoms with Crippen molar-refractivity contribution in [2.45, 2.75) is 38.1 Å². The minimum Gasteiger partial charge on any atom is -0.298 e. The van der Waals surface area contributed by atoms with Crippen molar-refractivity contribution in [2.75, 3.05) is 13.1 Å². The second-order valence-corrected chi connectivity index (χ2v) is 7.21. The van der Waals surface area contributed by atoms with Crippen molar-refractivity contribution in [2.24, 2.45) is 0 Å². The van der Waals surface area contributed by atoms with Crippen LogP contribution in [0.3, 0.4) is 0 Å². The molecule has 0 atom stereocenters. The van der Waals surface area contributed by atoms with E-state index in [1.54, 1.807) is 0 Å². The van der Waals surface area contributed by atoms with Gasteiger partial charge in [-0.2, -0.15) is 0 Å². The molecule has 1 saturated carbocycles. The molecule has 1 heterocycles. The van der Waals surface area contributed by atoms with Crippen molar-refractivity contribution in [1.29, 1.82) is 0 Å². The summed E-state index contributed by atoms with van der Waals surface area (Å²) in [6.45, 7) is 5.49. The van der Waals surface area contributed by atoms with Gasteiger partial charge in [0.2, 0.25) is 0 Å². The highest BCUT2D eigenvalue weighted by molar-refractivity contribution is 5.50. The van der Waals surface area contributed by atoms with Crippen molar-refractivity contribution >= 4 is 0 Å². The molecule has 1 aliphatic carbocycles. The van der Waals surface area contributed by atoms with Crippen LogP contribution in [-0.4, -0.2) is 18.0 Å². The second-order valence-electron chi connectivity index (χ2n) is 7.21. The molecule has 0 radical (unpaired) electrons. The van der Waals surface area contributed by atoms with E-state index in [0.29, 0.717) is 5.41 Å². The molecule has 2 aromatic carbocycles. The number of hydrogen-bond donors (Lipinski definition) is 0. The normalized spacial score (nSPS) is 17.7. The summed E-state index contributed by atoms with van der Waals surface area (Å²) in [7, 11) is 0. The predicted octanol–water partition coefficient (Wildman–Crippen LogP) is 4.62. The lowest BCUT2D eigenvalue weighted by molar-refractivity contribution is 0.222. The van der Waals surface area contributed by atoms with Crippen LogP contribution >= 0.6 is 0 Å². The quantitative estimate of drug-likeness (QED) is 0.723. The SMILES string of the molecule is CCCN1Cc2ccc(C#Cc3cccc(F)c3F)cc2C2(CC2)C1. The van der Waals surface area contributed by atoms with Gasteiger partial charge in [0, 0.05) is 24.1 Å². The largest absolute Gasteiger partial charge is 0.298 e. The van der Waals surface area contributed by atoms with E-state index in [0.717, 1.165) is 31.3 Å².